The summed E-state index contributed by atoms with van der Waals surface area (Å²) in [5, 5.41) is 0. The Labute approximate surface area is 113 Å². The third-order valence-corrected chi connectivity index (χ3v) is 4.06. The molecule has 108 valence electrons. The summed E-state index contributed by atoms with van der Waals surface area (Å²) >= 11 is 0. The average Bonchev–Trinajstić information content (AvgIpc) is 2.20. The molecule has 0 aromatic heterocycles. The van der Waals surface area contributed by atoms with E-state index >= 15 is 0 Å². The second kappa shape index (κ2) is 5.45. The molecule has 1 rings (SSSR count). The summed E-state index contributed by atoms with van der Waals surface area (Å²) < 4.78 is 53.3. The molecule has 0 heterocycles. The lowest BCUT2D eigenvalue weighted by molar-refractivity contribution is 0.477. The van der Waals surface area contributed by atoms with Crippen LogP contribution in [0.5, 0.6) is 0 Å². The molecule has 6 heteroatoms. The SMILES string of the molecule is CCCS(=O)(=O)Nc1ccc(F)c(C(C)(C)C)c1F. The largest absolute Gasteiger partial charge is 0.281 e. The molecule has 0 fully saturated rings. The minimum atomic E-state index is -3.59. The Morgan fingerprint density at radius 2 is 1.79 bits per heavy atom. The summed E-state index contributed by atoms with van der Waals surface area (Å²) in [7, 11) is -3.59. The molecule has 0 bridgehead atoms. The molecule has 19 heavy (non-hydrogen) atoms. The van der Waals surface area contributed by atoms with Gasteiger partial charge in [-0.05, 0) is 24.0 Å². The van der Waals surface area contributed by atoms with Crippen molar-refractivity contribution in [2.45, 2.75) is 39.5 Å². The summed E-state index contributed by atoms with van der Waals surface area (Å²) in [5.41, 5.74) is -1.08. The van der Waals surface area contributed by atoms with Crippen LogP contribution in [0.4, 0.5) is 14.5 Å². The van der Waals surface area contributed by atoms with Crippen molar-refractivity contribution >= 4 is 15.7 Å². The van der Waals surface area contributed by atoms with Gasteiger partial charge in [0.15, 0.2) is 5.82 Å². The van der Waals surface area contributed by atoms with E-state index in [-0.39, 0.29) is 17.0 Å². The highest BCUT2D eigenvalue weighted by Gasteiger charge is 2.26. The maximum atomic E-state index is 14.2. The van der Waals surface area contributed by atoms with Gasteiger partial charge in [0.25, 0.3) is 0 Å². The highest BCUT2D eigenvalue weighted by Crippen LogP contribution is 2.32. The molecule has 1 N–H and O–H groups in total. The highest BCUT2D eigenvalue weighted by atomic mass is 32.2. The molecule has 0 radical (unpaired) electrons. The first-order valence-corrected chi connectivity index (χ1v) is 7.72. The number of rotatable bonds is 4. The molecule has 0 aliphatic heterocycles. The predicted octanol–water partition coefficient (Wildman–Crippen LogP) is 3.41. The molecule has 0 saturated carbocycles. The van der Waals surface area contributed by atoms with Crippen LogP contribution in [-0.4, -0.2) is 14.2 Å². The lowest BCUT2D eigenvalue weighted by Crippen LogP contribution is -2.21. The summed E-state index contributed by atoms with van der Waals surface area (Å²) in [6.45, 7) is 6.71. The Balaban J connectivity index is 3.26. The van der Waals surface area contributed by atoms with Crippen LogP contribution in [0.2, 0.25) is 0 Å². The van der Waals surface area contributed by atoms with Gasteiger partial charge in [-0.25, -0.2) is 17.2 Å². The van der Waals surface area contributed by atoms with E-state index in [0.29, 0.717) is 6.42 Å². The normalized spacial score (nSPS) is 12.5. The van der Waals surface area contributed by atoms with E-state index in [1.807, 2.05) is 0 Å². The quantitative estimate of drug-likeness (QED) is 0.924. The lowest BCUT2D eigenvalue weighted by Gasteiger charge is -2.22. The predicted molar refractivity (Wildman–Crippen MR) is 72.8 cm³/mol. The second-order valence-corrected chi connectivity index (χ2v) is 7.30. The van der Waals surface area contributed by atoms with Gasteiger partial charge in [0.2, 0.25) is 10.0 Å². The summed E-state index contributed by atoms with van der Waals surface area (Å²) in [5.74, 6) is -1.63. The van der Waals surface area contributed by atoms with E-state index in [4.69, 9.17) is 0 Å². The molecule has 0 unspecified atom stereocenters. The lowest BCUT2D eigenvalue weighted by atomic mass is 9.86. The highest BCUT2D eigenvalue weighted by molar-refractivity contribution is 7.92. The van der Waals surface area contributed by atoms with E-state index < -0.39 is 27.1 Å². The van der Waals surface area contributed by atoms with Gasteiger partial charge in [-0.1, -0.05) is 27.7 Å². The van der Waals surface area contributed by atoms with Crippen molar-refractivity contribution in [3.8, 4) is 0 Å². The van der Waals surface area contributed by atoms with Gasteiger partial charge in [-0.3, -0.25) is 4.72 Å². The van der Waals surface area contributed by atoms with Crippen molar-refractivity contribution < 1.29 is 17.2 Å². The number of hydrogen-bond acceptors (Lipinski definition) is 2. The van der Waals surface area contributed by atoms with Crippen LogP contribution in [-0.2, 0) is 15.4 Å². The second-order valence-electron chi connectivity index (χ2n) is 5.45. The van der Waals surface area contributed by atoms with E-state index in [1.165, 1.54) is 0 Å². The molecule has 0 spiro atoms. The van der Waals surface area contributed by atoms with Gasteiger partial charge in [-0.15, -0.1) is 0 Å². The molecule has 0 saturated heterocycles. The number of sulfonamides is 1. The molecule has 0 aliphatic rings. The van der Waals surface area contributed by atoms with Crippen LogP contribution in [0.1, 0.15) is 39.7 Å². The summed E-state index contributed by atoms with van der Waals surface area (Å²) in [4.78, 5) is 0. The first-order chi connectivity index (χ1) is 8.58. The van der Waals surface area contributed by atoms with Gasteiger partial charge in [0.05, 0.1) is 11.4 Å². The van der Waals surface area contributed by atoms with E-state index in [0.717, 1.165) is 12.1 Å². The molecule has 1 aromatic rings. The van der Waals surface area contributed by atoms with E-state index in [2.05, 4.69) is 4.72 Å². The van der Waals surface area contributed by atoms with Crippen molar-refractivity contribution in [3.05, 3.63) is 29.3 Å². The minimum absolute atomic E-state index is 0.103. The third-order valence-electron chi connectivity index (χ3n) is 2.58. The smallest absolute Gasteiger partial charge is 0.232 e. The molecule has 3 nitrogen and oxygen atoms in total. The topological polar surface area (TPSA) is 46.2 Å². The van der Waals surface area contributed by atoms with Gasteiger partial charge in [0, 0.05) is 5.56 Å². The van der Waals surface area contributed by atoms with Crippen LogP contribution in [0.15, 0.2) is 12.1 Å². The summed E-state index contributed by atoms with van der Waals surface area (Å²) in [6, 6.07) is 2.18. The monoisotopic (exact) mass is 291 g/mol. The number of hydrogen-bond donors (Lipinski definition) is 1. The number of nitrogens with one attached hydrogen (secondary N) is 1. The molecular weight excluding hydrogens is 272 g/mol. The molecular formula is C13H19F2NO2S. The van der Waals surface area contributed by atoms with Crippen LogP contribution < -0.4 is 4.72 Å². The van der Waals surface area contributed by atoms with Gasteiger partial charge in [0.1, 0.15) is 5.82 Å². The first kappa shape index (κ1) is 15.9. The Morgan fingerprint density at radius 3 is 2.26 bits per heavy atom. The van der Waals surface area contributed by atoms with Gasteiger partial charge < -0.3 is 0 Å². The van der Waals surface area contributed by atoms with Crippen LogP contribution in [0, 0.1) is 11.6 Å². The molecule has 0 aliphatic carbocycles. The molecule has 1 aromatic carbocycles. The third kappa shape index (κ3) is 3.89. The Bertz CT molecular complexity index is 563. The first-order valence-electron chi connectivity index (χ1n) is 6.07. The summed E-state index contributed by atoms with van der Waals surface area (Å²) in [6.07, 6.45) is 0.421. The van der Waals surface area contributed by atoms with Crippen molar-refractivity contribution in [3.63, 3.8) is 0 Å². The fourth-order valence-corrected chi connectivity index (χ4v) is 2.94. The van der Waals surface area contributed by atoms with Crippen LogP contribution >= 0.6 is 0 Å². The van der Waals surface area contributed by atoms with Crippen molar-refractivity contribution in [2.24, 2.45) is 0 Å². The van der Waals surface area contributed by atoms with Crippen LogP contribution in [0.25, 0.3) is 0 Å². The average molecular weight is 291 g/mol. The number of halogens is 2. The Kier molecular flexibility index (Phi) is 4.55. The molecule has 0 amide bonds. The maximum Gasteiger partial charge on any atom is 0.232 e. The fourth-order valence-electron chi connectivity index (χ4n) is 1.81. The van der Waals surface area contributed by atoms with Gasteiger partial charge in [-0.2, -0.15) is 0 Å². The zero-order valence-electron chi connectivity index (χ0n) is 11.5. The van der Waals surface area contributed by atoms with E-state index in [1.54, 1.807) is 27.7 Å². The Morgan fingerprint density at radius 1 is 1.21 bits per heavy atom. The van der Waals surface area contributed by atoms with Crippen molar-refractivity contribution in [1.82, 2.24) is 0 Å². The molecule has 0 atom stereocenters. The maximum absolute atomic E-state index is 14.2. The van der Waals surface area contributed by atoms with Crippen LogP contribution in [0.3, 0.4) is 0 Å². The minimum Gasteiger partial charge on any atom is -0.281 e. The number of benzene rings is 1. The van der Waals surface area contributed by atoms with Gasteiger partial charge >= 0.3 is 0 Å². The number of anilines is 1. The van der Waals surface area contributed by atoms with E-state index in [9.17, 15) is 17.2 Å². The fraction of sp³-hybridized carbons (Fsp3) is 0.538. The zero-order valence-corrected chi connectivity index (χ0v) is 12.4. The standard InChI is InChI=1S/C13H19F2NO2S/c1-5-8-19(17,18)16-10-7-6-9(14)11(12(10)15)13(2,3)4/h6-7,16H,5,8H2,1-4H3. The van der Waals surface area contributed by atoms with Crippen molar-refractivity contribution in [2.75, 3.05) is 10.5 Å². The Hall–Kier alpha value is -1.17. The van der Waals surface area contributed by atoms with Crippen molar-refractivity contribution in [1.29, 1.82) is 0 Å². The zero-order chi connectivity index (χ0) is 14.8.